The Kier molecular flexibility index (Phi) is 6.56. The zero-order valence-electron chi connectivity index (χ0n) is 15.2. The molecule has 1 aliphatic rings. The highest BCUT2D eigenvalue weighted by Gasteiger charge is 2.26. The maximum atomic E-state index is 12.4. The van der Waals surface area contributed by atoms with Crippen molar-refractivity contribution in [2.75, 3.05) is 6.61 Å². The van der Waals surface area contributed by atoms with Crippen LogP contribution in [0.15, 0.2) is 54.6 Å². The van der Waals surface area contributed by atoms with Gasteiger partial charge in [0.2, 0.25) is 0 Å². The van der Waals surface area contributed by atoms with Crippen molar-refractivity contribution in [2.24, 2.45) is 11.8 Å². The van der Waals surface area contributed by atoms with Crippen LogP contribution in [0.25, 0.3) is 0 Å². The second-order valence-corrected chi connectivity index (χ2v) is 7.61. The number of rotatable bonds is 6. The molecule has 0 saturated heterocycles. The topological polar surface area (TPSA) is 38.3 Å². The molecular weight excluding hydrogens is 346 g/mol. The molecule has 3 nitrogen and oxygen atoms in total. The second kappa shape index (κ2) is 9.09. The lowest BCUT2D eigenvalue weighted by Gasteiger charge is -2.32. The van der Waals surface area contributed by atoms with E-state index in [1.807, 2.05) is 30.3 Å². The van der Waals surface area contributed by atoms with E-state index in [1.165, 1.54) is 0 Å². The summed E-state index contributed by atoms with van der Waals surface area (Å²) in [4.78, 5) is 12.4. The first-order valence-corrected chi connectivity index (χ1v) is 9.74. The molecule has 1 aliphatic carbocycles. The molecule has 0 aromatic heterocycles. The van der Waals surface area contributed by atoms with Gasteiger partial charge in [-0.15, -0.1) is 0 Å². The van der Waals surface area contributed by atoms with Crippen LogP contribution in [-0.4, -0.2) is 18.6 Å². The molecule has 0 unspecified atom stereocenters. The molecule has 1 amide bonds. The van der Waals surface area contributed by atoms with Crippen molar-refractivity contribution < 1.29 is 9.53 Å². The van der Waals surface area contributed by atoms with Crippen molar-refractivity contribution in [1.29, 1.82) is 0 Å². The molecule has 0 radical (unpaired) electrons. The number of carbonyl (C=O) groups excluding carboxylic acids is 1. The third kappa shape index (κ3) is 5.25. The molecular formula is C22H26ClNO2. The van der Waals surface area contributed by atoms with Crippen LogP contribution in [-0.2, 0) is 0 Å². The third-order valence-corrected chi connectivity index (χ3v) is 5.54. The smallest absolute Gasteiger partial charge is 0.251 e. The molecule has 1 atom stereocenters. The summed E-state index contributed by atoms with van der Waals surface area (Å²) in [5.41, 5.74) is 0.659. The summed E-state index contributed by atoms with van der Waals surface area (Å²) in [5.74, 6) is 2.05. The van der Waals surface area contributed by atoms with E-state index in [1.54, 1.807) is 24.3 Å². The minimum absolute atomic E-state index is 0.0244. The van der Waals surface area contributed by atoms with Crippen LogP contribution in [0, 0.1) is 11.8 Å². The lowest BCUT2D eigenvalue weighted by molar-refractivity contribution is 0.0908. The molecule has 3 rings (SSSR count). The monoisotopic (exact) mass is 371 g/mol. The van der Waals surface area contributed by atoms with Gasteiger partial charge in [-0.3, -0.25) is 4.79 Å². The zero-order valence-corrected chi connectivity index (χ0v) is 15.9. The van der Waals surface area contributed by atoms with E-state index in [2.05, 4.69) is 12.2 Å². The Morgan fingerprint density at radius 3 is 2.38 bits per heavy atom. The van der Waals surface area contributed by atoms with E-state index in [-0.39, 0.29) is 11.9 Å². The van der Waals surface area contributed by atoms with E-state index < -0.39 is 0 Å². The highest BCUT2D eigenvalue weighted by atomic mass is 35.5. The molecule has 4 heteroatoms. The van der Waals surface area contributed by atoms with E-state index in [9.17, 15) is 4.79 Å². The lowest BCUT2D eigenvalue weighted by atomic mass is 9.79. The summed E-state index contributed by atoms with van der Waals surface area (Å²) in [5, 5.41) is 3.79. The molecule has 0 aliphatic heterocycles. The number of nitrogens with one attached hydrogen (secondary N) is 1. The first-order chi connectivity index (χ1) is 12.6. The maximum absolute atomic E-state index is 12.4. The predicted octanol–water partition coefficient (Wildman–Crippen LogP) is 5.34. The Morgan fingerprint density at radius 2 is 1.73 bits per heavy atom. The second-order valence-electron chi connectivity index (χ2n) is 7.17. The number of hydrogen-bond acceptors (Lipinski definition) is 2. The average Bonchev–Trinajstić information content (AvgIpc) is 2.68. The fourth-order valence-corrected chi connectivity index (χ4v) is 3.72. The summed E-state index contributed by atoms with van der Waals surface area (Å²) < 4.78 is 5.89. The Labute approximate surface area is 160 Å². The van der Waals surface area contributed by atoms with Gasteiger partial charge in [0, 0.05) is 16.6 Å². The van der Waals surface area contributed by atoms with Crippen LogP contribution in [0.2, 0.25) is 5.02 Å². The molecule has 26 heavy (non-hydrogen) atoms. The van der Waals surface area contributed by atoms with Crippen molar-refractivity contribution in [3.63, 3.8) is 0 Å². The summed E-state index contributed by atoms with van der Waals surface area (Å²) in [6.07, 6.45) is 4.56. The number of para-hydroxylation sites is 1. The zero-order chi connectivity index (χ0) is 18.4. The summed E-state index contributed by atoms with van der Waals surface area (Å²) in [7, 11) is 0. The highest BCUT2D eigenvalue weighted by molar-refractivity contribution is 6.30. The van der Waals surface area contributed by atoms with Gasteiger partial charge in [0.25, 0.3) is 5.91 Å². The van der Waals surface area contributed by atoms with Crippen LogP contribution in [0.1, 0.15) is 43.0 Å². The number of amides is 1. The fourth-order valence-electron chi connectivity index (χ4n) is 3.59. The van der Waals surface area contributed by atoms with Crippen molar-refractivity contribution in [3.05, 3.63) is 65.2 Å². The van der Waals surface area contributed by atoms with Gasteiger partial charge in [-0.25, -0.2) is 0 Å². The van der Waals surface area contributed by atoms with Crippen molar-refractivity contribution >= 4 is 17.5 Å². The lowest BCUT2D eigenvalue weighted by Crippen LogP contribution is -2.39. The SMILES string of the molecule is C[C@H](NC(=O)c1ccc(Cl)cc1)C1CCC(COc2ccccc2)CC1. The number of benzene rings is 2. The molecule has 0 heterocycles. The largest absolute Gasteiger partial charge is 0.493 e. The normalized spacial score (nSPS) is 21.0. The quantitative estimate of drug-likeness (QED) is 0.743. The van der Waals surface area contributed by atoms with Gasteiger partial charge < -0.3 is 10.1 Å². The van der Waals surface area contributed by atoms with Gasteiger partial charge in [-0.1, -0.05) is 29.8 Å². The number of hydrogen-bond donors (Lipinski definition) is 1. The van der Waals surface area contributed by atoms with E-state index in [0.717, 1.165) is 38.0 Å². The maximum Gasteiger partial charge on any atom is 0.251 e. The standard InChI is InChI=1S/C22H26ClNO2/c1-16(24-22(25)19-11-13-20(23)14-12-19)18-9-7-17(8-10-18)15-26-21-5-3-2-4-6-21/h2-6,11-14,16-18H,7-10,15H2,1H3,(H,24,25)/t16-,17?,18?/m0/s1. The number of ether oxygens (including phenoxy) is 1. The predicted molar refractivity (Wildman–Crippen MR) is 106 cm³/mol. The highest BCUT2D eigenvalue weighted by Crippen LogP contribution is 2.31. The van der Waals surface area contributed by atoms with Crippen molar-refractivity contribution in [1.82, 2.24) is 5.32 Å². The molecule has 1 saturated carbocycles. The number of halogens is 1. The molecule has 138 valence electrons. The van der Waals surface area contributed by atoms with Crippen molar-refractivity contribution in [3.8, 4) is 5.75 Å². The van der Waals surface area contributed by atoms with Crippen LogP contribution in [0.4, 0.5) is 0 Å². The fraction of sp³-hybridized carbons (Fsp3) is 0.409. The molecule has 1 N–H and O–H groups in total. The first-order valence-electron chi connectivity index (χ1n) is 9.36. The van der Waals surface area contributed by atoms with Crippen LogP contribution >= 0.6 is 11.6 Å². The molecule has 2 aromatic rings. The van der Waals surface area contributed by atoms with Crippen molar-refractivity contribution in [2.45, 2.75) is 38.6 Å². The molecule has 0 bridgehead atoms. The van der Waals surface area contributed by atoms with Gasteiger partial charge in [0.1, 0.15) is 5.75 Å². The molecule has 2 aromatic carbocycles. The van der Waals surface area contributed by atoms with Crippen LogP contribution in [0.3, 0.4) is 0 Å². The van der Waals surface area contributed by atoms with Gasteiger partial charge in [-0.2, -0.15) is 0 Å². The van der Waals surface area contributed by atoms with Gasteiger partial charge >= 0.3 is 0 Å². The van der Waals surface area contributed by atoms with E-state index in [4.69, 9.17) is 16.3 Å². The van der Waals surface area contributed by atoms with E-state index >= 15 is 0 Å². The average molecular weight is 372 g/mol. The Hall–Kier alpha value is -2.00. The molecule has 1 fully saturated rings. The minimum Gasteiger partial charge on any atom is -0.493 e. The van der Waals surface area contributed by atoms with Crippen LogP contribution in [0.5, 0.6) is 5.75 Å². The summed E-state index contributed by atoms with van der Waals surface area (Å²) in [6, 6.07) is 17.2. The van der Waals surface area contributed by atoms with Gasteiger partial charge in [0.15, 0.2) is 0 Å². The van der Waals surface area contributed by atoms with Crippen LogP contribution < -0.4 is 10.1 Å². The Bertz CT molecular complexity index is 694. The number of carbonyl (C=O) groups is 1. The summed E-state index contributed by atoms with van der Waals surface area (Å²) >= 11 is 5.88. The summed E-state index contributed by atoms with van der Waals surface area (Å²) in [6.45, 7) is 2.89. The van der Waals surface area contributed by atoms with Gasteiger partial charge in [-0.05, 0) is 80.8 Å². The molecule has 0 spiro atoms. The first kappa shape index (κ1) is 18.8. The third-order valence-electron chi connectivity index (χ3n) is 5.29. The Morgan fingerprint density at radius 1 is 1.08 bits per heavy atom. The van der Waals surface area contributed by atoms with Gasteiger partial charge in [0.05, 0.1) is 6.61 Å². The minimum atomic E-state index is -0.0244. The Balaban J connectivity index is 1.42. The van der Waals surface area contributed by atoms with E-state index in [0.29, 0.717) is 22.4 Å².